The molecule has 0 aromatic heterocycles. The first kappa shape index (κ1) is 7.49. The monoisotopic (exact) mass is 160 g/mol. The smallest absolute Gasteiger partial charge is 0.216 e. The Hall–Kier alpha value is -0.160. The second-order valence-electron chi connectivity index (χ2n) is 2.96. The highest BCUT2D eigenvalue weighted by Gasteiger charge is 2.42. The minimum absolute atomic E-state index is 0.153. The van der Waals surface area contributed by atoms with Crippen LogP contribution in [0, 0.1) is 0 Å². The van der Waals surface area contributed by atoms with Gasteiger partial charge in [-0.05, 0) is 6.92 Å². The first-order chi connectivity index (χ1) is 5.31. The molecule has 0 N–H and O–H groups in total. The maximum absolute atomic E-state index is 5.52. The molecule has 0 amide bonds. The molecule has 2 saturated heterocycles. The molecule has 0 bridgehead atoms. The average molecular weight is 160 g/mol. The van der Waals surface area contributed by atoms with E-state index in [1.807, 2.05) is 6.92 Å². The van der Waals surface area contributed by atoms with E-state index in [1.54, 1.807) is 0 Å². The summed E-state index contributed by atoms with van der Waals surface area (Å²) in [6.07, 6.45) is 0.153. The van der Waals surface area contributed by atoms with Crippen LogP contribution in [-0.2, 0) is 18.9 Å². The van der Waals surface area contributed by atoms with Crippen LogP contribution in [0.3, 0.4) is 0 Å². The van der Waals surface area contributed by atoms with Crippen LogP contribution >= 0.6 is 0 Å². The van der Waals surface area contributed by atoms with Crippen molar-refractivity contribution in [2.75, 3.05) is 26.6 Å². The zero-order valence-corrected chi connectivity index (χ0v) is 6.54. The summed E-state index contributed by atoms with van der Waals surface area (Å²) >= 11 is 0. The van der Waals surface area contributed by atoms with Gasteiger partial charge in [-0.15, -0.1) is 0 Å². The summed E-state index contributed by atoms with van der Waals surface area (Å²) in [7, 11) is 0. The zero-order chi connectivity index (χ0) is 7.73. The SMILES string of the molecule is CC1COC2(COCOC2)O1. The van der Waals surface area contributed by atoms with Gasteiger partial charge < -0.3 is 18.9 Å². The van der Waals surface area contributed by atoms with Gasteiger partial charge >= 0.3 is 0 Å². The summed E-state index contributed by atoms with van der Waals surface area (Å²) in [5, 5.41) is 0. The van der Waals surface area contributed by atoms with Crippen LogP contribution in [0.1, 0.15) is 6.92 Å². The lowest BCUT2D eigenvalue weighted by molar-refractivity contribution is -0.287. The Morgan fingerprint density at radius 2 is 2.00 bits per heavy atom. The molecule has 2 aliphatic rings. The second-order valence-corrected chi connectivity index (χ2v) is 2.96. The van der Waals surface area contributed by atoms with Gasteiger partial charge in [0.2, 0.25) is 5.79 Å². The van der Waals surface area contributed by atoms with Crippen LogP contribution in [0.4, 0.5) is 0 Å². The first-order valence-electron chi connectivity index (χ1n) is 3.78. The molecule has 2 heterocycles. The normalized spacial score (nSPS) is 36.3. The number of hydrogen-bond donors (Lipinski definition) is 0. The van der Waals surface area contributed by atoms with Crippen molar-refractivity contribution in [3.8, 4) is 0 Å². The summed E-state index contributed by atoms with van der Waals surface area (Å²) in [5.41, 5.74) is 0. The average Bonchev–Trinajstić information content (AvgIpc) is 2.34. The number of rotatable bonds is 0. The Morgan fingerprint density at radius 3 is 2.55 bits per heavy atom. The van der Waals surface area contributed by atoms with Gasteiger partial charge in [0.15, 0.2) is 0 Å². The third-order valence-corrected chi connectivity index (χ3v) is 1.81. The highest BCUT2D eigenvalue weighted by atomic mass is 16.8. The van der Waals surface area contributed by atoms with Gasteiger partial charge in [0.1, 0.15) is 20.0 Å². The van der Waals surface area contributed by atoms with E-state index >= 15 is 0 Å². The quantitative estimate of drug-likeness (QED) is 0.504. The molecule has 2 rings (SSSR count). The molecule has 0 saturated carbocycles. The van der Waals surface area contributed by atoms with Gasteiger partial charge in [0.05, 0.1) is 12.7 Å². The van der Waals surface area contributed by atoms with E-state index in [9.17, 15) is 0 Å². The maximum atomic E-state index is 5.52. The second kappa shape index (κ2) is 2.71. The van der Waals surface area contributed by atoms with Crippen LogP contribution in [0.25, 0.3) is 0 Å². The Labute approximate surface area is 65.4 Å². The summed E-state index contributed by atoms with van der Waals surface area (Å²) in [4.78, 5) is 0. The highest BCUT2D eigenvalue weighted by Crippen LogP contribution is 2.26. The minimum atomic E-state index is -0.600. The van der Waals surface area contributed by atoms with Crippen molar-refractivity contribution in [3.63, 3.8) is 0 Å². The van der Waals surface area contributed by atoms with Crippen molar-refractivity contribution < 1.29 is 18.9 Å². The third kappa shape index (κ3) is 1.39. The van der Waals surface area contributed by atoms with Gasteiger partial charge in [-0.25, -0.2) is 0 Å². The van der Waals surface area contributed by atoms with E-state index in [2.05, 4.69) is 0 Å². The fourth-order valence-corrected chi connectivity index (χ4v) is 1.35. The van der Waals surface area contributed by atoms with E-state index < -0.39 is 5.79 Å². The number of hydrogen-bond acceptors (Lipinski definition) is 4. The fraction of sp³-hybridized carbons (Fsp3) is 1.00. The van der Waals surface area contributed by atoms with E-state index in [4.69, 9.17) is 18.9 Å². The van der Waals surface area contributed by atoms with E-state index in [-0.39, 0.29) is 6.10 Å². The fourth-order valence-electron chi connectivity index (χ4n) is 1.35. The minimum Gasteiger partial charge on any atom is -0.350 e. The lowest BCUT2D eigenvalue weighted by Gasteiger charge is -2.30. The first-order valence-corrected chi connectivity index (χ1v) is 3.78. The molecule has 0 aliphatic carbocycles. The Morgan fingerprint density at radius 1 is 1.27 bits per heavy atom. The Balaban J connectivity index is 1.98. The lowest BCUT2D eigenvalue weighted by atomic mass is 10.3. The van der Waals surface area contributed by atoms with Crippen LogP contribution in [-0.4, -0.2) is 38.5 Å². The van der Waals surface area contributed by atoms with Crippen LogP contribution < -0.4 is 0 Å². The molecule has 0 radical (unpaired) electrons. The molecular formula is C7H12O4. The molecule has 11 heavy (non-hydrogen) atoms. The van der Waals surface area contributed by atoms with Crippen LogP contribution in [0.2, 0.25) is 0 Å². The van der Waals surface area contributed by atoms with Crippen molar-refractivity contribution in [1.82, 2.24) is 0 Å². The molecule has 1 unspecified atom stereocenters. The number of ether oxygens (including phenoxy) is 4. The molecule has 2 aliphatic heterocycles. The van der Waals surface area contributed by atoms with Gasteiger partial charge in [-0.2, -0.15) is 0 Å². The third-order valence-electron chi connectivity index (χ3n) is 1.81. The molecule has 1 spiro atoms. The Bertz CT molecular complexity index is 136. The maximum Gasteiger partial charge on any atom is 0.216 e. The predicted molar refractivity (Wildman–Crippen MR) is 36.0 cm³/mol. The molecule has 4 nitrogen and oxygen atoms in total. The summed E-state index contributed by atoms with van der Waals surface area (Å²) < 4.78 is 21.1. The topological polar surface area (TPSA) is 36.9 Å². The molecule has 0 aromatic carbocycles. The predicted octanol–water partition coefficient (Wildman–Crippen LogP) is 0.122. The van der Waals surface area contributed by atoms with Crippen molar-refractivity contribution in [2.45, 2.75) is 18.8 Å². The zero-order valence-electron chi connectivity index (χ0n) is 6.54. The molecule has 1 atom stereocenters. The van der Waals surface area contributed by atoms with Crippen molar-refractivity contribution in [3.05, 3.63) is 0 Å². The van der Waals surface area contributed by atoms with Crippen molar-refractivity contribution in [1.29, 1.82) is 0 Å². The standard InChI is InChI=1S/C7H12O4/c1-6-2-10-7(11-6)3-8-5-9-4-7/h6H,2-5H2,1H3. The molecular weight excluding hydrogens is 148 g/mol. The Kier molecular flexibility index (Phi) is 1.85. The van der Waals surface area contributed by atoms with Gasteiger partial charge in [-0.3, -0.25) is 0 Å². The van der Waals surface area contributed by atoms with E-state index in [1.165, 1.54) is 0 Å². The van der Waals surface area contributed by atoms with Gasteiger partial charge in [-0.1, -0.05) is 0 Å². The van der Waals surface area contributed by atoms with Crippen LogP contribution in [0.5, 0.6) is 0 Å². The van der Waals surface area contributed by atoms with Crippen molar-refractivity contribution in [2.24, 2.45) is 0 Å². The lowest BCUT2D eigenvalue weighted by Crippen LogP contribution is -2.45. The van der Waals surface area contributed by atoms with E-state index in [0.29, 0.717) is 26.6 Å². The van der Waals surface area contributed by atoms with Crippen molar-refractivity contribution >= 4 is 0 Å². The van der Waals surface area contributed by atoms with Gasteiger partial charge in [0, 0.05) is 0 Å². The molecule has 0 aromatic rings. The van der Waals surface area contributed by atoms with Gasteiger partial charge in [0.25, 0.3) is 0 Å². The molecule has 2 fully saturated rings. The largest absolute Gasteiger partial charge is 0.350 e. The summed E-state index contributed by atoms with van der Waals surface area (Å²) in [5.74, 6) is -0.600. The van der Waals surface area contributed by atoms with Crippen LogP contribution in [0.15, 0.2) is 0 Å². The molecule has 64 valence electrons. The summed E-state index contributed by atoms with van der Waals surface area (Å²) in [6, 6.07) is 0. The summed E-state index contributed by atoms with van der Waals surface area (Å²) in [6.45, 7) is 3.92. The highest BCUT2D eigenvalue weighted by molar-refractivity contribution is 4.78. The van der Waals surface area contributed by atoms with E-state index in [0.717, 1.165) is 0 Å². The molecule has 4 heteroatoms.